The number of nitriles is 1. The first kappa shape index (κ1) is 27.2. The Bertz CT molecular complexity index is 1290. The van der Waals surface area contributed by atoms with Crippen LogP contribution in [0.25, 0.3) is 0 Å². The summed E-state index contributed by atoms with van der Waals surface area (Å²) in [7, 11) is 3.88. The molecule has 0 spiro atoms. The van der Waals surface area contributed by atoms with Crippen molar-refractivity contribution in [3.05, 3.63) is 77.9 Å². The van der Waals surface area contributed by atoms with E-state index in [0.717, 1.165) is 35.6 Å². The second-order valence-electron chi connectivity index (χ2n) is 9.04. The standard InChI is InChI=1S/C29H33N7O/c1-6-21(2)29(37)36(5)18-17-35(4)27-14-11-25(12-15-27)32-34-28-16-13-26(19-22(28)3)33-31-24-9-7-23(20-30)8-10-24/h7-16,19,21H,6,17-18H2,1-5H3/b33-31+,34-32+/t21-/m1/s1. The number of anilines is 1. The highest BCUT2D eigenvalue weighted by Crippen LogP contribution is 2.28. The van der Waals surface area contributed by atoms with Crippen LogP contribution in [0.5, 0.6) is 0 Å². The normalized spacial score (nSPS) is 12.0. The number of amides is 1. The lowest BCUT2D eigenvalue weighted by molar-refractivity contribution is -0.133. The molecular formula is C29H33N7O. The maximum absolute atomic E-state index is 12.3. The minimum Gasteiger partial charge on any atom is -0.373 e. The summed E-state index contributed by atoms with van der Waals surface area (Å²) in [6.45, 7) is 7.37. The number of benzene rings is 3. The van der Waals surface area contributed by atoms with Crippen LogP contribution in [0.1, 0.15) is 31.4 Å². The van der Waals surface area contributed by atoms with E-state index in [2.05, 4.69) is 31.4 Å². The van der Waals surface area contributed by atoms with E-state index in [4.69, 9.17) is 5.26 Å². The Balaban J connectivity index is 1.57. The third kappa shape index (κ3) is 7.80. The second kappa shape index (κ2) is 13.1. The topological polar surface area (TPSA) is 96.8 Å². The highest BCUT2D eigenvalue weighted by Gasteiger charge is 2.15. The van der Waals surface area contributed by atoms with E-state index in [1.807, 2.05) is 77.3 Å². The smallest absolute Gasteiger partial charge is 0.225 e. The summed E-state index contributed by atoms with van der Waals surface area (Å²) >= 11 is 0. The van der Waals surface area contributed by atoms with E-state index in [-0.39, 0.29) is 11.8 Å². The molecule has 0 aliphatic heterocycles. The monoisotopic (exact) mass is 495 g/mol. The van der Waals surface area contributed by atoms with E-state index in [0.29, 0.717) is 23.5 Å². The van der Waals surface area contributed by atoms with E-state index in [9.17, 15) is 4.79 Å². The highest BCUT2D eigenvalue weighted by atomic mass is 16.2. The number of hydrogen-bond acceptors (Lipinski definition) is 7. The molecule has 0 unspecified atom stereocenters. The zero-order valence-electron chi connectivity index (χ0n) is 22.1. The summed E-state index contributed by atoms with van der Waals surface area (Å²) in [5.74, 6) is 0.238. The Labute approximate surface area is 219 Å². The van der Waals surface area contributed by atoms with Gasteiger partial charge >= 0.3 is 0 Å². The Kier molecular flexibility index (Phi) is 9.61. The van der Waals surface area contributed by atoms with Gasteiger partial charge in [0.25, 0.3) is 0 Å². The average molecular weight is 496 g/mol. The van der Waals surface area contributed by atoms with Gasteiger partial charge in [0.1, 0.15) is 0 Å². The summed E-state index contributed by atoms with van der Waals surface area (Å²) in [6.07, 6.45) is 0.851. The molecule has 0 saturated carbocycles. The fourth-order valence-electron chi connectivity index (χ4n) is 3.51. The number of carbonyl (C=O) groups excluding carboxylic acids is 1. The van der Waals surface area contributed by atoms with Crippen LogP contribution in [-0.4, -0.2) is 38.0 Å². The molecule has 1 amide bonds. The second-order valence-corrected chi connectivity index (χ2v) is 9.04. The molecule has 3 aromatic carbocycles. The number of aryl methyl sites for hydroxylation is 1. The summed E-state index contributed by atoms with van der Waals surface area (Å²) < 4.78 is 0. The fraction of sp³-hybridized carbons (Fsp3) is 0.310. The first-order chi connectivity index (χ1) is 17.8. The molecular weight excluding hydrogens is 462 g/mol. The predicted molar refractivity (Wildman–Crippen MR) is 147 cm³/mol. The van der Waals surface area contributed by atoms with Gasteiger partial charge in [0, 0.05) is 38.8 Å². The van der Waals surface area contributed by atoms with Crippen molar-refractivity contribution in [1.82, 2.24) is 4.90 Å². The third-order valence-electron chi connectivity index (χ3n) is 6.20. The highest BCUT2D eigenvalue weighted by molar-refractivity contribution is 5.78. The molecule has 8 heteroatoms. The van der Waals surface area contributed by atoms with Gasteiger partial charge < -0.3 is 9.80 Å². The molecule has 0 fully saturated rings. The van der Waals surface area contributed by atoms with E-state index in [1.165, 1.54) is 0 Å². The van der Waals surface area contributed by atoms with Crippen LogP contribution < -0.4 is 4.90 Å². The van der Waals surface area contributed by atoms with Gasteiger partial charge in [-0.1, -0.05) is 13.8 Å². The minimum atomic E-state index is 0.0538. The van der Waals surface area contributed by atoms with Crippen LogP contribution in [-0.2, 0) is 4.79 Å². The van der Waals surface area contributed by atoms with Gasteiger partial charge in [0.05, 0.1) is 34.4 Å². The van der Waals surface area contributed by atoms with Crippen LogP contribution in [0.4, 0.5) is 28.4 Å². The van der Waals surface area contributed by atoms with Crippen LogP contribution in [0.2, 0.25) is 0 Å². The summed E-state index contributed by atoms with van der Waals surface area (Å²) in [5, 5.41) is 26.1. The van der Waals surface area contributed by atoms with Crippen molar-refractivity contribution < 1.29 is 4.79 Å². The average Bonchev–Trinajstić information content (AvgIpc) is 2.93. The third-order valence-corrected chi connectivity index (χ3v) is 6.20. The van der Waals surface area contributed by atoms with Gasteiger partial charge in [0.2, 0.25) is 5.91 Å². The van der Waals surface area contributed by atoms with Gasteiger partial charge in [-0.25, -0.2) is 0 Å². The van der Waals surface area contributed by atoms with E-state index in [1.54, 1.807) is 29.2 Å². The quantitative estimate of drug-likeness (QED) is 0.270. The van der Waals surface area contributed by atoms with Gasteiger partial charge in [0.15, 0.2) is 0 Å². The Morgan fingerprint density at radius 3 is 2.03 bits per heavy atom. The van der Waals surface area contributed by atoms with Crippen molar-refractivity contribution in [3.63, 3.8) is 0 Å². The first-order valence-corrected chi connectivity index (χ1v) is 12.3. The van der Waals surface area contributed by atoms with Gasteiger partial charge in [-0.05, 0) is 85.6 Å². The number of rotatable bonds is 10. The molecule has 0 bridgehead atoms. The molecule has 0 N–H and O–H groups in total. The molecule has 0 aliphatic carbocycles. The number of nitrogens with zero attached hydrogens (tertiary/aromatic N) is 7. The lowest BCUT2D eigenvalue weighted by atomic mass is 10.1. The number of likely N-dealkylation sites (N-methyl/N-ethyl adjacent to an activating group) is 2. The van der Waals surface area contributed by atoms with E-state index < -0.39 is 0 Å². The maximum atomic E-state index is 12.3. The molecule has 0 aliphatic rings. The van der Waals surface area contributed by atoms with E-state index >= 15 is 0 Å². The fourth-order valence-corrected chi connectivity index (χ4v) is 3.51. The summed E-state index contributed by atoms with van der Waals surface area (Å²) in [6, 6.07) is 22.5. The lowest BCUT2D eigenvalue weighted by Gasteiger charge is -2.25. The molecule has 0 aromatic heterocycles. The van der Waals surface area contributed by atoms with Crippen molar-refractivity contribution in [2.45, 2.75) is 27.2 Å². The molecule has 37 heavy (non-hydrogen) atoms. The predicted octanol–water partition coefficient (Wildman–Crippen LogP) is 7.64. The summed E-state index contributed by atoms with van der Waals surface area (Å²) in [5.41, 5.74) is 5.48. The Morgan fingerprint density at radius 1 is 0.865 bits per heavy atom. The lowest BCUT2D eigenvalue weighted by Crippen LogP contribution is -2.37. The van der Waals surface area contributed by atoms with Crippen LogP contribution in [0, 0.1) is 24.2 Å². The molecule has 0 radical (unpaired) electrons. The van der Waals surface area contributed by atoms with Crippen molar-refractivity contribution in [2.75, 3.05) is 32.1 Å². The zero-order valence-corrected chi connectivity index (χ0v) is 22.1. The van der Waals surface area contributed by atoms with Crippen molar-refractivity contribution in [1.29, 1.82) is 5.26 Å². The molecule has 1 atom stereocenters. The van der Waals surface area contributed by atoms with Crippen molar-refractivity contribution in [3.8, 4) is 6.07 Å². The Morgan fingerprint density at radius 2 is 1.43 bits per heavy atom. The van der Waals surface area contributed by atoms with Crippen molar-refractivity contribution >= 4 is 34.3 Å². The molecule has 8 nitrogen and oxygen atoms in total. The molecule has 3 rings (SSSR count). The first-order valence-electron chi connectivity index (χ1n) is 12.3. The number of carbonyl (C=O) groups is 1. The van der Waals surface area contributed by atoms with Crippen LogP contribution in [0.15, 0.2) is 87.2 Å². The maximum Gasteiger partial charge on any atom is 0.225 e. The van der Waals surface area contributed by atoms with Crippen LogP contribution >= 0.6 is 0 Å². The SMILES string of the molecule is CC[C@@H](C)C(=O)N(C)CCN(C)c1ccc(/N=N/c2ccc(/N=N/c3ccc(C#N)cc3)cc2C)cc1. The van der Waals surface area contributed by atoms with Gasteiger partial charge in [-0.15, -0.1) is 0 Å². The largest absolute Gasteiger partial charge is 0.373 e. The molecule has 0 heterocycles. The number of hydrogen-bond donors (Lipinski definition) is 0. The summed E-state index contributed by atoms with van der Waals surface area (Å²) in [4.78, 5) is 16.2. The van der Waals surface area contributed by atoms with Crippen molar-refractivity contribution in [2.24, 2.45) is 26.4 Å². The number of azo groups is 2. The zero-order chi connectivity index (χ0) is 26.8. The molecule has 0 saturated heterocycles. The minimum absolute atomic E-state index is 0.0538. The Hall–Kier alpha value is -4.38. The molecule has 3 aromatic rings. The van der Waals surface area contributed by atoms with Crippen LogP contribution in [0.3, 0.4) is 0 Å². The van der Waals surface area contributed by atoms with Gasteiger partial charge in [-0.2, -0.15) is 25.7 Å². The van der Waals surface area contributed by atoms with Gasteiger partial charge in [-0.3, -0.25) is 4.79 Å². The molecule has 190 valence electrons.